The van der Waals surface area contributed by atoms with Gasteiger partial charge >= 0.3 is 0 Å². The van der Waals surface area contributed by atoms with Crippen LogP contribution in [0.2, 0.25) is 0 Å². The molecule has 0 bridgehead atoms. The molecule has 0 atom stereocenters. The van der Waals surface area contributed by atoms with Crippen LogP contribution in [-0.4, -0.2) is 24.9 Å². The monoisotopic (exact) mass is 325 g/mol. The summed E-state index contributed by atoms with van der Waals surface area (Å²) < 4.78 is 5.24. The van der Waals surface area contributed by atoms with Crippen molar-refractivity contribution >= 4 is 17.4 Å². The lowest BCUT2D eigenvalue weighted by atomic mass is 10.1. The first-order chi connectivity index (χ1) is 11.7. The summed E-state index contributed by atoms with van der Waals surface area (Å²) in [6.07, 6.45) is 1.60. The minimum atomic E-state index is -0.0574. The fourth-order valence-electron chi connectivity index (χ4n) is 2.30. The Morgan fingerprint density at radius 3 is 2.25 bits per heavy atom. The standard InChI is InChI=1S/C20H23NO3/c1-2-12-24-15-19(22)13-17-8-10-18(11-9-17)21-20(23)14-16-6-4-3-5-7-16/h3-11H,2,12-15H2,1H3,(H,21,23). The van der Waals surface area contributed by atoms with Gasteiger partial charge in [-0.05, 0) is 29.7 Å². The van der Waals surface area contributed by atoms with Crippen LogP contribution in [0.15, 0.2) is 54.6 Å². The molecule has 0 saturated heterocycles. The number of hydrogen-bond acceptors (Lipinski definition) is 3. The second-order valence-electron chi connectivity index (χ2n) is 5.68. The molecule has 0 unspecified atom stereocenters. The lowest BCUT2D eigenvalue weighted by molar-refractivity contribution is -0.123. The summed E-state index contributed by atoms with van der Waals surface area (Å²) in [4.78, 5) is 23.8. The fourth-order valence-corrected chi connectivity index (χ4v) is 2.30. The molecule has 2 rings (SSSR count). The van der Waals surface area contributed by atoms with Gasteiger partial charge in [-0.3, -0.25) is 9.59 Å². The molecule has 126 valence electrons. The molecule has 2 aromatic rings. The van der Waals surface area contributed by atoms with Crippen molar-refractivity contribution in [3.8, 4) is 0 Å². The number of ketones is 1. The highest BCUT2D eigenvalue weighted by atomic mass is 16.5. The Labute approximate surface area is 142 Å². The molecule has 0 aliphatic rings. The number of hydrogen-bond donors (Lipinski definition) is 1. The summed E-state index contributed by atoms with van der Waals surface area (Å²) >= 11 is 0. The van der Waals surface area contributed by atoms with Crippen molar-refractivity contribution < 1.29 is 14.3 Å². The molecular weight excluding hydrogens is 302 g/mol. The fraction of sp³-hybridized carbons (Fsp3) is 0.300. The largest absolute Gasteiger partial charge is 0.374 e. The summed E-state index contributed by atoms with van der Waals surface area (Å²) in [5, 5.41) is 2.86. The van der Waals surface area contributed by atoms with Crippen molar-refractivity contribution in [3.05, 3.63) is 65.7 Å². The third-order valence-corrected chi connectivity index (χ3v) is 3.46. The number of Topliss-reactive ketones (excluding diaryl/α,β-unsaturated/α-hetero) is 1. The average molecular weight is 325 g/mol. The van der Waals surface area contributed by atoms with Gasteiger partial charge in [0.1, 0.15) is 6.61 Å². The van der Waals surface area contributed by atoms with Gasteiger partial charge in [0.2, 0.25) is 5.91 Å². The molecule has 1 N–H and O–H groups in total. The third kappa shape index (κ3) is 6.34. The van der Waals surface area contributed by atoms with Crippen LogP contribution in [0.3, 0.4) is 0 Å². The summed E-state index contributed by atoms with van der Waals surface area (Å²) in [6.45, 7) is 2.77. The van der Waals surface area contributed by atoms with Crippen LogP contribution in [0, 0.1) is 0 Å². The van der Waals surface area contributed by atoms with Crippen LogP contribution in [0.4, 0.5) is 5.69 Å². The Bertz CT molecular complexity index is 650. The predicted molar refractivity (Wildman–Crippen MR) is 95.0 cm³/mol. The highest BCUT2D eigenvalue weighted by Crippen LogP contribution is 2.11. The highest BCUT2D eigenvalue weighted by Gasteiger charge is 2.06. The van der Waals surface area contributed by atoms with Gasteiger partial charge in [0, 0.05) is 18.7 Å². The molecular formula is C20H23NO3. The summed E-state index contributed by atoms with van der Waals surface area (Å²) in [6, 6.07) is 17.0. The smallest absolute Gasteiger partial charge is 0.228 e. The number of benzene rings is 2. The van der Waals surface area contributed by atoms with E-state index in [9.17, 15) is 9.59 Å². The Kier molecular flexibility index (Phi) is 7.18. The van der Waals surface area contributed by atoms with Gasteiger partial charge in [0.15, 0.2) is 5.78 Å². The number of ether oxygens (including phenoxy) is 1. The lowest BCUT2D eigenvalue weighted by Gasteiger charge is -2.07. The number of carbonyl (C=O) groups excluding carboxylic acids is 2. The van der Waals surface area contributed by atoms with Crippen LogP contribution in [0.25, 0.3) is 0 Å². The molecule has 24 heavy (non-hydrogen) atoms. The van der Waals surface area contributed by atoms with Crippen molar-refractivity contribution in [2.24, 2.45) is 0 Å². The van der Waals surface area contributed by atoms with E-state index in [4.69, 9.17) is 4.74 Å². The molecule has 0 radical (unpaired) electrons. The lowest BCUT2D eigenvalue weighted by Crippen LogP contribution is -2.14. The van der Waals surface area contributed by atoms with Crippen LogP contribution >= 0.6 is 0 Å². The highest BCUT2D eigenvalue weighted by molar-refractivity contribution is 5.92. The molecule has 0 aliphatic heterocycles. The minimum Gasteiger partial charge on any atom is -0.374 e. The number of rotatable bonds is 9. The summed E-state index contributed by atoms with van der Waals surface area (Å²) in [5.41, 5.74) is 2.62. The van der Waals surface area contributed by atoms with Crippen LogP contribution < -0.4 is 5.32 Å². The van der Waals surface area contributed by atoms with E-state index in [0.717, 1.165) is 23.2 Å². The van der Waals surface area contributed by atoms with Gasteiger partial charge in [-0.15, -0.1) is 0 Å². The molecule has 0 heterocycles. The van der Waals surface area contributed by atoms with Crippen molar-refractivity contribution in [1.29, 1.82) is 0 Å². The van der Waals surface area contributed by atoms with Gasteiger partial charge in [-0.1, -0.05) is 49.4 Å². The van der Waals surface area contributed by atoms with Crippen LogP contribution in [-0.2, 0) is 27.2 Å². The summed E-state index contributed by atoms with van der Waals surface area (Å²) in [7, 11) is 0. The minimum absolute atomic E-state index is 0.0574. The maximum Gasteiger partial charge on any atom is 0.228 e. The Morgan fingerprint density at radius 1 is 0.917 bits per heavy atom. The maximum absolute atomic E-state index is 12.0. The molecule has 4 heteroatoms. The van der Waals surface area contributed by atoms with E-state index in [0.29, 0.717) is 19.4 Å². The normalized spacial score (nSPS) is 10.4. The average Bonchev–Trinajstić information content (AvgIpc) is 2.58. The van der Waals surface area contributed by atoms with Gasteiger partial charge in [0.25, 0.3) is 0 Å². The van der Waals surface area contributed by atoms with E-state index in [2.05, 4.69) is 5.32 Å². The van der Waals surface area contributed by atoms with Crippen LogP contribution in [0.5, 0.6) is 0 Å². The van der Waals surface area contributed by atoms with Gasteiger partial charge in [-0.25, -0.2) is 0 Å². The second-order valence-corrected chi connectivity index (χ2v) is 5.68. The van der Waals surface area contributed by atoms with Crippen LogP contribution in [0.1, 0.15) is 24.5 Å². The molecule has 0 spiro atoms. The Morgan fingerprint density at radius 2 is 1.58 bits per heavy atom. The van der Waals surface area contributed by atoms with Gasteiger partial charge in [-0.2, -0.15) is 0 Å². The Balaban J connectivity index is 1.81. The molecule has 4 nitrogen and oxygen atoms in total. The van der Waals surface area contributed by atoms with Crippen molar-refractivity contribution in [2.45, 2.75) is 26.2 Å². The maximum atomic E-state index is 12.0. The molecule has 0 saturated carbocycles. The topological polar surface area (TPSA) is 55.4 Å². The molecule has 0 aromatic heterocycles. The number of anilines is 1. The first kappa shape index (κ1) is 17.9. The zero-order valence-electron chi connectivity index (χ0n) is 14.0. The van der Waals surface area contributed by atoms with Gasteiger partial charge in [0.05, 0.1) is 6.42 Å². The quantitative estimate of drug-likeness (QED) is 0.719. The van der Waals surface area contributed by atoms with E-state index in [1.807, 2.05) is 61.5 Å². The molecule has 1 amide bonds. The third-order valence-electron chi connectivity index (χ3n) is 3.46. The Hall–Kier alpha value is -2.46. The van der Waals surface area contributed by atoms with E-state index >= 15 is 0 Å². The zero-order chi connectivity index (χ0) is 17.2. The SMILES string of the molecule is CCCOCC(=O)Cc1ccc(NC(=O)Cc2ccccc2)cc1. The van der Waals surface area contributed by atoms with Crippen molar-refractivity contribution in [3.63, 3.8) is 0 Å². The van der Waals surface area contributed by atoms with Gasteiger partial charge < -0.3 is 10.1 Å². The van der Waals surface area contributed by atoms with E-state index in [1.54, 1.807) is 0 Å². The predicted octanol–water partition coefficient (Wildman–Crippen LogP) is 3.41. The molecule has 0 fully saturated rings. The summed E-state index contributed by atoms with van der Waals surface area (Å²) in [5.74, 6) is 0.00213. The van der Waals surface area contributed by atoms with Crippen molar-refractivity contribution in [1.82, 2.24) is 0 Å². The first-order valence-corrected chi connectivity index (χ1v) is 8.19. The van der Waals surface area contributed by atoms with E-state index in [-0.39, 0.29) is 18.3 Å². The number of amides is 1. The second kappa shape index (κ2) is 9.63. The molecule has 2 aromatic carbocycles. The first-order valence-electron chi connectivity index (χ1n) is 8.19. The zero-order valence-corrected chi connectivity index (χ0v) is 14.0. The number of carbonyl (C=O) groups is 2. The number of nitrogens with one attached hydrogen (secondary N) is 1. The van der Waals surface area contributed by atoms with E-state index < -0.39 is 0 Å². The van der Waals surface area contributed by atoms with Crippen molar-refractivity contribution in [2.75, 3.05) is 18.5 Å². The van der Waals surface area contributed by atoms with E-state index in [1.165, 1.54) is 0 Å². The molecule has 0 aliphatic carbocycles.